The third-order valence-corrected chi connectivity index (χ3v) is 0.907. The molecule has 0 aromatic rings. The van der Waals surface area contributed by atoms with E-state index in [0.29, 0.717) is 0 Å². The highest BCUT2D eigenvalue weighted by Gasteiger charge is 2.02. The third kappa shape index (κ3) is 16.2. The van der Waals surface area contributed by atoms with Gasteiger partial charge in [-0.3, -0.25) is 4.99 Å². The van der Waals surface area contributed by atoms with E-state index in [1.54, 1.807) is 0 Å². The molecule has 0 fully saturated rings. The van der Waals surface area contributed by atoms with Gasteiger partial charge in [-0.05, 0) is 19.3 Å². The summed E-state index contributed by atoms with van der Waals surface area (Å²) in [5, 5.41) is 0. The molecule has 0 aliphatic rings. The van der Waals surface area contributed by atoms with E-state index in [0.717, 1.165) is 5.71 Å². The molecular weight excluding hydrogens is 146 g/mol. The maximum Gasteiger partial charge on any atom is 0.0232 e. The Hall–Kier alpha value is -0.590. The molecule has 0 N–H and O–H groups in total. The maximum atomic E-state index is 4.15. The minimum absolute atomic E-state index is 0.249. The first-order chi connectivity index (χ1) is 5.42. The van der Waals surface area contributed by atoms with E-state index in [2.05, 4.69) is 31.8 Å². The zero-order valence-electron chi connectivity index (χ0n) is 9.60. The van der Waals surface area contributed by atoms with Crippen LogP contribution in [0, 0.1) is 5.41 Å². The van der Waals surface area contributed by atoms with Crippen LogP contribution in [0.3, 0.4) is 0 Å². The molecule has 0 saturated carbocycles. The monoisotopic (exact) mass is 169 g/mol. The van der Waals surface area contributed by atoms with Crippen molar-refractivity contribution in [1.29, 1.82) is 0 Å². The smallest absolute Gasteiger partial charge is 0.0232 e. The van der Waals surface area contributed by atoms with Crippen molar-refractivity contribution in [2.75, 3.05) is 0 Å². The van der Waals surface area contributed by atoms with Crippen molar-refractivity contribution in [2.24, 2.45) is 10.4 Å². The highest BCUT2D eigenvalue weighted by molar-refractivity contribution is 5.79. The summed E-state index contributed by atoms with van der Waals surface area (Å²) in [6, 6.07) is 0. The summed E-state index contributed by atoms with van der Waals surface area (Å²) in [6.07, 6.45) is 3.97. The quantitative estimate of drug-likeness (QED) is 0.525. The molecule has 0 spiro atoms. The Labute approximate surface area is 77.6 Å². The van der Waals surface area contributed by atoms with Crippen LogP contribution in [0.15, 0.2) is 17.3 Å². The molecule has 72 valence electrons. The molecule has 0 aliphatic carbocycles. The molecule has 0 unspecified atom stereocenters. The first-order valence-corrected chi connectivity index (χ1v) is 4.60. The minimum atomic E-state index is 0.249. The summed E-state index contributed by atoms with van der Waals surface area (Å²) < 4.78 is 0. The number of hydrogen-bond donors (Lipinski definition) is 0. The van der Waals surface area contributed by atoms with Gasteiger partial charge in [-0.1, -0.05) is 40.7 Å². The Morgan fingerprint density at radius 2 is 1.50 bits per heavy atom. The molecule has 0 amide bonds. The third-order valence-electron chi connectivity index (χ3n) is 0.907. The summed E-state index contributed by atoms with van der Waals surface area (Å²) in [6.45, 7) is 14.5. The van der Waals surface area contributed by atoms with Crippen LogP contribution in [0.1, 0.15) is 48.5 Å². The molecule has 0 bridgehead atoms. The van der Waals surface area contributed by atoms with Crippen molar-refractivity contribution < 1.29 is 0 Å². The molecule has 0 rings (SSSR count). The summed E-state index contributed by atoms with van der Waals surface area (Å²) in [5.74, 6) is 0. The van der Waals surface area contributed by atoms with Crippen molar-refractivity contribution in [2.45, 2.75) is 48.5 Å². The molecule has 0 saturated heterocycles. The first kappa shape index (κ1) is 14.0. The average Bonchev–Trinajstić information content (AvgIpc) is 1.88. The Kier molecular flexibility index (Phi) is 8.24. The van der Waals surface area contributed by atoms with Gasteiger partial charge in [0, 0.05) is 11.9 Å². The van der Waals surface area contributed by atoms with Gasteiger partial charge in [0.05, 0.1) is 0 Å². The molecule has 0 atom stereocenters. The summed E-state index contributed by atoms with van der Waals surface area (Å²) in [5.41, 5.74) is 1.35. The van der Waals surface area contributed by atoms with Crippen LogP contribution in [-0.4, -0.2) is 5.71 Å². The van der Waals surface area contributed by atoms with Crippen LogP contribution in [0.25, 0.3) is 0 Å². The number of nitrogens with zero attached hydrogens (tertiary/aromatic N) is 1. The van der Waals surface area contributed by atoms with E-state index in [-0.39, 0.29) is 5.41 Å². The molecule has 0 heterocycles. The molecule has 0 aromatic carbocycles. The molecule has 0 radical (unpaired) electrons. The van der Waals surface area contributed by atoms with Gasteiger partial charge >= 0.3 is 0 Å². The normalized spacial score (nSPS) is 10.6. The van der Waals surface area contributed by atoms with Gasteiger partial charge < -0.3 is 0 Å². The van der Waals surface area contributed by atoms with Crippen LogP contribution in [-0.2, 0) is 0 Å². The largest absolute Gasteiger partial charge is 0.267 e. The maximum absolute atomic E-state index is 4.15. The van der Waals surface area contributed by atoms with Crippen molar-refractivity contribution in [3.05, 3.63) is 12.3 Å². The second-order valence-corrected chi connectivity index (χ2v) is 3.76. The van der Waals surface area contributed by atoms with Crippen LogP contribution in [0.5, 0.6) is 0 Å². The summed E-state index contributed by atoms with van der Waals surface area (Å²) in [7, 11) is 0. The molecular formula is C11H23N. The lowest BCUT2D eigenvalue weighted by atomic mass is 9.97. The predicted molar refractivity (Wildman–Crippen MR) is 58.7 cm³/mol. The Morgan fingerprint density at radius 1 is 1.08 bits per heavy atom. The van der Waals surface area contributed by atoms with Gasteiger partial charge in [-0.25, -0.2) is 0 Å². The van der Waals surface area contributed by atoms with Crippen LogP contribution < -0.4 is 0 Å². The molecule has 0 aromatic heterocycles. The number of rotatable bonds is 1. The lowest BCUT2D eigenvalue weighted by Gasteiger charge is -2.09. The lowest BCUT2D eigenvalue weighted by molar-refractivity contribution is 0.543. The summed E-state index contributed by atoms with van der Waals surface area (Å²) >= 11 is 0. The minimum Gasteiger partial charge on any atom is -0.267 e. The number of allylic oxidation sites excluding steroid dienone is 1. The lowest BCUT2D eigenvalue weighted by Crippen LogP contribution is -1.97. The van der Waals surface area contributed by atoms with Gasteiger partial charge in [0.2, 0.25) is 0 Å². The second kappa shape index (κ2) is 7.08. The SMILES string of the molecule is CC.CC(C)=N/C=C\C(C)(C)C. The Balaban J connectivity index is 0. The van der Waals surface area contributed by atoms with Gasteiger partial charge in [0.25, 0.3) is 0 Å². The van der Waals surface area contributed by atoms with E-state index >= 15 is 0 Å². The molecule has 1 nitrogen and oxygen atoms in total. The number of hydrogen-bond acceptors (Lipinski definition) is 1. The van der Waals surface area contributed by atoms with Gasteiger partial charge in [-0.15, -0.1) is 0 Å². The topological polar surface area (TPSA) is 12.4 Å². The van der Waals surface area contributed by atoms with E-state index < -0.39 is 0 Å². The highest BCUT2D eigenvalue weighted by Crippen LogP contribution is 2.14. The summed E-state index contributed by atoms with van der Waals surface area (Å²) in [4.78, 5) is 4.15. The van der Waals surface area contributed by atoms with Crippen LogP contribution in [0.4, 0.5) is 0 Å². The zero-order chi connectivity index (χ0) is 10.2. The molecule has 0 aliphatic heterocycles. The fourth-order valence-electron chi connectivity index (χ4n) is 0.410. The highest BCUT2D eigenvalue weighted by atomic mass is 14.7. The van der Waals surface area contributed by atoms with E-state index in [1.807, 2.05) is 33.9 Å². The van der Waals surface area contributed by atoms with Crippen molar-refractivity contribution in [1.82, 2.24) is 0 Å². The molecule has 12 heavy (non-hydrogen) atoms. The first-order valence-electron chi connectivity index (χ1n) is 4.60. The number of aliphatic imine (C=N–C) groups is 1. The second-order valence-electron chi connectivity index (χ2n) is 3.76. The van der Waals surface area contributed by atoms with Crippen LogP contribution in [0.2, 0.25) is 0 Å². The molecule has 1 heteroatoms. The standard InChI is InChI=1S/C9H17N.C2H6/c1-8(2)10-7-6-9(3,4)5;1-2/h6-7H,1-5H3;1-2H3/b7-6-;. The van der Waals surface area contributed by atoms with Gasteiger partial charge in [0.15, 0.2) is 0 Å². The van der Waals surface area contributed by atoms with Gasteiger partial charge in [-0.2, -0.15) is 0 Å². The van der Waals surface area contributed by atoms with E-state index in [9.17, 15) is 0 Å². The van der Waals surface area contributed by atoms with Crippen molar-refractivity contribution in [3.63, 3.8) is 0 Å². The Morgan fingerprint density at radius 3 is 1.75 bits per heavy atom. The zero-order valence-corrected chi connectivity index (χ0v) is 9.60. The fraction of sp³-hybridized carbons (Fsp3) is 0.727. The predicted octanol–water partition coefficient (Wildman–Crippen LogP) is 4.05. The Bertz CT molecular complexity index is 143. The average molecular weight is 169 g/mol. The van der Waals surface area contributed by atoms with Gasteiger partial charge in [0.1, 0.15) is 0 Å². The van der Waals surface area contributed by atoms with E-state index in [1.165, 1.54) is 0 Å². The van der Waals surface area contributed by atoms with Crippen molar-refractivity contribution in [3.8, 4) is 0 Å². The van der Waals surface area contributed by atoms with Crippen LogP contribution >= 0.6 is 0 Å². The van der Waals surface area contributed by atoms with Crippen molar-refractivity contribution >= 4 is 5.71 Å². The fourth-order valence-corrected chi connectivity index (χ4v) is 0.410. The van der Waals surface area contributed by atoms with E-state index in [4.69, 9.17) is 0 Å².